The third-order valence-electron chi connectivity index (χ3n) is 4.25. The van der Waals surface area contributed by atoms with Gasteiger partial charge in [-0.1, -0.05) is 23.7 Å². The lowest BCUT2D eigenvalue weighted by Crippen LogP contribution is -2.27. The molecule has 0 spiro atoms. The van der Waals surface area contributed by atoms with Crippen LogP contribution in [-0.2, 0) is 16.1 Å². The molecule has 30 heavy (non-hydrogen) atoms. The number of carbonyl (C=O) groups is 3. The zero-order chi connectivity index (χ0) is 21.3. The minimum absolute atomic E-state index is 0.000793. The zero-order valence-electron chi connectivity index (χ0n) is 15.6. The van der Waals surface area contributed by atoms with Crippen LogP contribution in [0.4, 0.5) is 4.79 Å². The fourth-order valence-corrected chi connectivity index (χ4v) is 3.83. The Morgan fingerprint density at radius 1 is 1.17 bits per heavy atom. The Labute approximate surface area is 180 Å². The summed E-state index contributed by atoms with van der Waals surface area (Å²) < 4.78 is 15.7. The summed E-state index contributed by atoms with van der Waals surface area (Å²) in [6, 6.07) is 13.6. The lowest BCUT2D eigenvalue weighted by atomic mass is 10.2. The largest absolute Gasteiger partial charge is 0.463 e. The van der Waals surface area contributed by atoms with Gasteiger partial charge in [0.25, 0.3) is 11.1 Å². The molecular weight excluding hydrogens is 430 g/mol. The number of imide groups is 1. The summed E-state index contributed by atoms with van der Waals surface area (Å²) in [5, 5.41) is 0.142. The molecule has 1 fully saturated rings. The molecule has 0 unspecified atom stereocenters. The third kappa shape index (κ3) is 4.05. The fraction of sp³-hybridized carbons (Fsp3) is 0.0952. The minimum Gasteiger partial charge on any atom is -0.463 e. The quantitative estimate of drug-likeness (QED) is 0.394. The number of hydrogen-bond donors (Lipinski definition) is 0. The molecule has 0 bridgehead atoms. The number of furan rings is 2. The highest BCUT2D eigenvalue weighted by molar-refractivity contribution is 8.18. The van der Waals surface area contributed by atoms with Gasteiger partial charge in [-0.3, -0.25) is 14.5 Å². The second-order valence-corrected chi connectivity index (χ2v) is 7.67. The van der Waals surface area contributed by atoms with Crippen LogP contribution in [0.3, 0.4) is 0 Å². The molecule has 152 valence electrons. The number of methoxy groups -OCH3 is 1. The van der Waals surface area contributed by atoms with Crippen LogP contribution in [0.5, 0.6) is 0 Å². The van der Waals surface area contributed by atoms with E-state index in [-0.39, 0.29) is 17.2 Å². The SMILES string of the molecule is COC(=O)c1ccc(CN2C(=O)S/C(=C/c3ccc(-c4cccc(Cl)c4)o3)C2=O)o1. The summed E-state index contributed by atoms with van der Waals surface area (Å²) in [5.74, 6) is 0.208. The van der Waals surface area contributed by atoms with Crippen molar-refractivity contribution in [1.82, 2.24) is 4.90 Å². The molecule has 1 aromatic carbocycles. The number of halogens is 1. The first kappa shape index (κ1) is 20.1. The Bertz CT molecular complexity index is 1180. The van der Waals surface area contributed by atoms with E-state index in [2.05, 4.69) is 4.74 Å². The zero-order valence-corrected chi connectivity index (χ0v) is 17.2. The molecule has 9 heteroatoms. The Morgan fingerprint density at radius 3 is 2.77 bits per heavy atom. The van der Waals surface area contributed by atoms with Crippen molar-refractivity contribution in [1.29, 1.82) is 0 Å². The monoisotopic (exact) mass is 443 g/mol. The van der Waals surface area contributed by atoms with Gasteiger partial charge in [0, 0.05) is 16.7 Å². The Kier molecular flexibility index (Phi) is 5.52. The van der Waals surface area contributed by atoms with Crippen molar-refractivity contribution in [2.45, 2.75) is 6.54 Å². The second-order valence-electron chi connectivity index (χ2n) is 6.24. The molecule has 7 nitrogen and oxygen atoms in total. The van der Waals surface area contributed by atoms with Crippen LogP contribution in [0.15, 0.2) is 62.3 Å². The third-order valence-corrected chi connectivity index (χ3v) is 5.39. The van der Waals surface area contributed by atoms with E-state index in [0.717, 1.165) is 22.2 Å². The van der Waals surface area contributed by atoms with Crippen molar-refractivity contribution in [2.75, 3.05) is 7.11 Å². The summed E-state index contributed by atoms with van der Waals surface area (Å²) in [6.45, 7) is -0.0923. The predicted octanol–water partition coefficient (Wildman–Crippen LogP) is 5.22. The highest BCUT2D eigenvalue weighted by Crippen LogP contribution is 2.34. The fourth-order valence-electron chi connectivity index (χ4n) is 2.82. The van der Waals surface area contributed by atoms with Crippen molar-refractivity contribution in [2.24, 2.45) is 0 Å². The van der Waals surface area contributed by atoms with E-state index in [4.69, 9.17) is 20.4 Å². The molecule has 1 aliphatic heterocycles. The van der Waals surface area contributed by atoms with Crippen LogP contribution in [0.25, 0.3) is 17.4 Å². The van der Waals surface area contributed by atoms with Crippen LogP contribution in [0, 0.1) is 0 Å². The van der Waals surface area contributed by atoms with E-state index in [1.807, 2.05) is 12.1 Å². The first-order valence-corrected chi connectivity index (χ1v) is 9.92. The van der Waals surface area contributed by atoms with Crippen LogP contribution < -0.4 is 0 Å². The number of amides is 2. The number of hydrogen-bond acceptors (Lipinski definition) is 7. The first-order valence-electron chi connectivity index (χ1n) is 8.73. The van der Waals surface area contributed by atoms with E-state index in [0.29, 0.717) is 22.3 Å². The smallest absolute Gasteiger partial charge is 0.373 e. The lowest BCUT2D eigenvalue weighted by Gasteiger charge is -2.09. The summed E-state index contributed by atoms with van der Waals surface area (Å²) in [7, 11) is 1.23. The Balaban J connectivity index is 1.50. The van der Waals surface area contributed by atoms with Crippen molar-refractivity contribution in [3.05, 3.63) is 75.7 Å². The van der Waals surface area contributed by atoms with Gasteiger partial charge in [-0.15, -0.1) is 0 Å². The van der Waals surface area contributed by atoms with Gasteiger partial charge < -0.3 is 13.6 Å². The van der Waals surface area contributed by atoms with E-state index in [1.165, 1.54) is 25.3 Å². The van der Waals surface area contributed by atoms with E-state index in [1.54, 1.807) is 24.3 Å². The molecular formula is C21H14ClNO6S. The number of ether oxygens (including phenoxy) is 1. The summed E-state index contributed by atoms with van der Waals surface area (Å²) >= 11 is 6.81. The van der Waals surface area contributed by atoms with Crippen LogP contribution in [-0.4, -0.2) is 29.1 Å². The van der Waals surface area contributed by atoms with Gasteiger partial charge in [0.2, 0.25) is 5.76 Å². The molecule has 0 radical (unpaired) electrons. The predicted molar refractivity (Wildman–Crippen MR) is 111 cm³/mol. The molecule has 0 atom stereocenters. The molecule has 4 rings (SSSR count). The minimum atomic E-state index is -0.636. The van der Waals surface area contributed by atoms with Crippen molar-refractivity contribution in [3.8, 4) is 11.3 Å². The average molecular weight is 444 g/mol. The average Bonchev–Trinajstić information content (AvgIpc) is 3.45. The lowest BCUT2D eigenvalue weighted by molar-refractivity contribution is -0.123. The first-order chi connectivity index (χ1) is 14.4. The van der Waals surface area contributed by atoms with Gasteiger partial charge in [0.05, 0.1) is 18.6 Å². The van der Waals surface area contributed by atoms with Crippen molar-refractivity contribution in [3.63, 3.8) is 0 Å². The maximum Gasteiger partial charge on any atom is 0.373 e. The number of benzene rings is 1. The standard InChI is InChI=1S/C21H14ClNO6S/c1-27-20(25)17-8-6-15(29-17)11-23-19(24)18(30-21(23)26)10-14-5-7-16(28-14)12-3-2-4-13(22)9-12/h2-10H,11H2,1H3/b18-10+. The van der Waals surface area contributed by atoms with Crippen molar-refractivity contribution < 1.29 is 28.0 Å². The van der Waals surface area contributed by atoms with Gasteiger partial charge in [-0.25, -0.2) is 4.79 Å². The molecule has 1 aliphatic rings. The van der Waals surface area contributed by atoms with E-state index in [9.17, 15) is 14.4 Å². The second kappa shape index (κ2) is 8.25. The van der Waals surface area contributed by atoms with Gasteiger partial charge >= 0.3 is 5.97 Å². The van der Waals surface area contributed by atoms with Crippen LogP contribution in [0.1, 0.15) is 22.1 Å². The maximum atomic E-state index is 12.7. The molecule has 3 aromatic rings. The van der Waals surface area contributed by atoms with Crippen molar-refractivity contribution >= 4 is 46.6 Å². The normalized spacial score (nSPS) is 15.3. The number of thioether (sulfide) groups is 1. The molecule has 1 saturated heterocycles. The Hall–Kier alpha value is -3.23. The van der Waals surface area contributed by atoms with E-state index < -0.39 is 17.1 Å². The van der Waals surface area contributed by atoms with Gasteiger partial charge in [-0.05, 0) is 48.2 Å². The molecule has 2 aromatic heterocycles. The molecule has 0 saturated carbocycles. The topological polar surface area (TPSA) is 90.0 Å². The van der Waals surface area contributed by atoms with Crippen LogP contribution >= 0.6 is 23.4 Å². The summed E-state index contributed by atoms with van der Waals surface area (Å²) in [6.07, 6.45) is 1.51. The molecule has 0 N–H and O–H groups in total. The molecule has 3 heterocycles. The summed E-state index contributed by atoms with van der Waals surface area (Å²) in [4.78, 5) is 37.7. The highest BCUT2D eigenvalue weighted by Gasteiger charge is 2.36. The number of carbonyl (C=O) groups excluding carboxylic acids is 3. The van der Waals surface area contributed by atoms with E-state index >= 15 is 0 Å². The number of esters is 1. The number of rotatable bonds is 5. The van der Waals surface area contributed by atoms with Gasteiger partial charge in [-0.2, -0.15) is 0 Å². The highest BCUT2D eigenvalue weighted by atomic mass is 35.5. The van der Waals surface area contributed by atoms with Gasteiger partial charge in [0.15, 0.2) is 0 Å². The molecule has 2 amide bonds. The molecule has 0 aliphatic carbocycles. The van der Waals surface area contributed by atoms with Gasteiger partial charge in [0.1, 0.15) is 17.3 Å². The number of nitrogens with zero attached hydrogens (tertiary/aromatic N) is 1. The van der Waals surface area contributed by atoms with Crippen LogP contribution in [0.2, 0.25) is 5.02 Å². The maximum absolute atomic E-state index is 12.7. The summed E-state index contributed by atoms with van der Waals surface area (Å²) in [5.41, 5.74) is 0.800. The Morgan fingerprint density at radius 2 is 2.00 bits per heavy atom.